The predicted molar refractivity (Wildman–Crippen MR) is 79.1 cm³/mol. The molecule has 4 atom stereocenters. The van der Waals surface area contributed by atoms with Crippen molar-refractivity contribution >= 4 is 23.9 Å². The average molecular weight is 338 g/mol. The zero-order chi connectivity index (χ0) is 18.3. The normalized spacial score (nSPS) is 29.9. The van der Waals surface area contributed by atoms with Crippen molar-refractivity contribution in [2.24, 2.45) is 23.7 Å². The fourth-order valence-electron chi connectivity index (χ4n) is 3.87. The van der Waals surface area contributed by atoms with Crippen LogP contribution in [0.2, 0.25) is 0 Å². The first-order chi connectivity index (χ1) is 11.1. The number of fused-ring (bicyclic) bond motifs is 1. The van der Waals surface area contributed by atoms with Crippen molar-refractivity contribution in [2.75, 3.05) is 0 Å². The third-order valence-electron chi connectivity index (χ3n) is 5.07. The molecule has 8 nitrogen and oxygen atoms in total. The third-order valence-corrected chi connectivity index (χ3v) is 5.07. The van der Waals surface area contributed by atoms with Gasteiger partial charge in [0.15, 0.2) is 0 Å². The molecule has 4 unspecified atom stereocenters. The molecule has 2 aliphatic rings. The highest BCUT2D eigenvalue weighted by atomic mass is 16.4. The number of carboxylic acid groups (broad SMARTS) is 4. The van der Waals surface area contributed by atoms with Gasteiger partial charge >= 0.3 is 23.9 Å². The van der Waals surface area contributed by atoms with Crippen LogP contribution < -0.4 is 0 Å². The fourth-order valence-corrected chi connectivity index (χ4v) is 3.87. The topological polar surface area (TPSA) is 149 Å². The van der Waals surface area contributed by atoms with E-state index < -0.39 is 47.5 Å². The summed E-state index contributed by atoms with van der Waals surface area (Å²) in [7, 11) is 0. The van der Waals surface area contributed by atoms with Gasteiger partial charge in [0.05, 0.1) is 23.7 Å². The van der Waals surface area contributed by atoms with E-state index in [1.54, 1.807) is 0 Å². The summed E-state index contributed by atoms with van der Waals surface area (Å²) >= 11 is 0. The first-order valence-corrected chi connectivity index (χ1v) is 7.38. The molecule has 130 valence electrons. The van der Waals surface area contributed by atoms with Crippen molar-refractivity contribution in [3.8, 4) is 0 Å². The van der Waals surface area contributed by atoms with Gasteiger partial charge in [0.1, 0.15) is 0 Å². The van der Waals surface area contributed by atoms with Crippen molar-refractivity contribution < 1.29 is 39.6 Å². The van der Waals surface area contributed by atoms with Crippen molar-refractivity contribution in [1.82, 2.24) is 0 Å². The molecule has 4 N–H and O–H groups in total. The number of carbonyl (C=O) groups is 4. The maximum absolute atomic E-state index is 11.5. The second-order valence-electron chi connectivity index (χ2n) is 6.25. The van der Waals surface area contributed by atoms with Crippen molar-refractivity contribution in [1.29, 1.82) is 0 Å². The number of aliphatic carboxylic acids is 4. The van der Waals surface area contributed by atoms with Gasteiger partial charge in [-0.3, -0.25) is 19.2 Å². The molecule has 0 amide bonds. The molecule has 0 aromatic heterocycles. The maximum Gasteiger partial charge on any atom is 0.311 e. The van der Waals surface area contributed by atoms with Crippen LogP contribution in [0.4, 0.5) is 0 Å². The minimum atomic E-state index is -1.28. The number of carboxylic acids is 4. The van der Waals surface area contributed by atoms with Gasteiger partial charge in [0.2, 0.25) is 0 Å². The van der Waals surface area contributed by atoms with E-state index in [0.29, 0.717) is 22.3 Å². The highest BCUT2D eigenvalue weighted by Gasteiger charge is 2.47. The predicted octanol–water partition coefficient (Wildman–Crippen LogP) is 1.23. The molecule has 24 heavy (non-hydrogen) atoms. The first-order valence-electron chi connectivity index (χ1n) is 7.38. The maximum atomic E-state index is 11.5. The molecule has 0 aromatic carbocycles. The summed E-state index contributed by atoms with van der Waals surface area (Å²) in [5, 5.41) is 37.4. The van der Waals surface area contributed by atoms with Crippen LogP contribution in [0, 0.1) is 23.7 Å². The minimum Gasteiger partial charge on any atom is -0.481 e. The Kier molecular flexibility index (Phi) is 4.50. The summed E-state index contributed by atoms with van der Waals surface area (Å²) in [6.45, 7) is 2.97. The molecular formula is C16H18O8. The molecule has 0 aliphatic heterocycles. The van der Waals surface area contributed by atoms with E-state index in [1.807, 2.05) is 0 Å². The quantitative estimate of drug-likeness (QED) is 0.598. The lowest BCUT2D eigenvalue weighted by molar-refractivity contribution is -0.153. The Morgan fingerprint density at radius 1 is 0.667 bits per heavy atom. The summed E-state index contributed by atoms with van der Waals surface area (Å²) in [5.41, 5.74) is 1.54. The molecule has 0 fully saturated rings. The van der Waals surface area contributed by atoms with E-state index in [0.717, 1.165) is 0 Å². The van der Waals surface area contributed by atoms with Crippen molar-refractivity contribution in [3.63, 3.8) is 0 Å². The second kappa shape index (κ2) is 6.10. The van der Waals surface area contributed by atoms with Gasteiger partial charge in [-0.05, 0) is 37.8 Å². The van der Waals surface area contributed by atoms with E-state index in [1.165, 1.54) is 13.8 Å². The molecule has 0 aromatic rings. The molecule has 0 heterocycles. The zero-order valence-corrected chi connectivity index (χ0v) is 13.1. The fraction of sp³-hybridized carbons (Fsp3) is 0.500. The standard InChI is InChI=1S/C16H18O8/c1-5-7-3-10(14(19)20)12(16(23)24)6(2)8(7)4-9(13(17)18)11(5)15(21)22/h9-12H,3-4H2,1-2H3,(H,17,18)(H,19,20)(H,21,22)(H,23,24). The van der Waals surface area contributed by atoms with Gasteiger partial charge in [-0.1, -0.05) is 11.1 Å². The molecular weight excluding hydrogens is 320 g/mol. The Bertz CT molecular complexity index is 639. The van der Waals surface area contributed by atoms with Crippen LogP contribution >= 0.6 is 0 Å². The van der Waals surface area contributed by atoms with Gasteiger partial charge in [-0.25, -0.2) is 0 Å². The van der Waals surface area contributed by atoms with Crippen LogP contribution in [-0.2, 0) is 19.2 Å². The van der Waals surface area contributed by atoms with Crippen LogP contribution in [0.1, 0.15) is 26.7 Å². The number of hydrogen-bond donors (Lipinski definition) is 4. The summed E-state index contributed by atoms with van der Waals surface area (Å²) in [5.74, 6) is -10.00. The molecule has 0 spiro atoms. The monoisotopic (exact) mass is 338 g/mol. The van der Waals surface area contributed by atoms with Gasteiger partial charge in [0.25, 0.3) is 0 Å². The van der Waals surface area contributed by atoms with Crippen LogP contribution in [0.25, 0.3) is 0 Å². The summed E-state index contributed by atoms with van der Waals surface area (Å²) in [6, 6.07) is 0. The number of rotatable bonds is 4. The smallest absolute Gasteiger partial charge is 0.311 e. The van der Waals surface area contributed by atoms with Crippen LogP contribution in [0.15, 0.2) is 22.3 Å². The zero-order valence-electron chi connectivity index (χ0n) is 13.1. The van der Waals surface area contributed by atoms with Gasteiger partial charge in [-0.15, -0.1) is 0 Å². The van der Waals surface area contributed by atoms with Crippen LogP contribution in [0.5, 0.6) is 0 Å². The molecule has 0 radical (unpaired) electrons. The van der Waals surface area contributed by atoms with E-state index >= 15 is 0 Å². The van der Waals surface area contributed by atoms with E-state index in [9.17, 15) is 39.6 Å². The Morgan fingerprint density at radius 3 is 1.17 bits per heavy atom. The Balaban J connectivity index is 2.68. The Morgan fingerprint density at radius 2 is 0.958 bits per heavy atom. The number of hydrogen-bond acceptors (Lipinski definition) is 4. The summed E-state index contributed by atoms with van der Waals surface area (Å²) < 4.78 is 0. The van der Waals surface area contributed by atoms with E-state index in [2.05, 4.69) is 0 Å². The van der Waals surface area contributed by atoms with Crippen LogP contribution in [-0.4, -0.2) is 44.3 Å². The average Bonchev–Trinajstić information content (AvgIpc) is 2.45. The molecule has 0 saturated carbocycles. The third kappa shape index (κ3) is 2.68. The lowest BCUT2D eigenvalue weighted by Crippen LogP contribution is -2.40. The van der Waals surface area contributed by atoms with Crippen molar-refractivity contribution in [3.05, 3.63) is 22.3 Å². The minimum absolute atomic E-state index is 0.110. The highest BCUT2D eigenvalue weighted by molar-refractivity contribution is 5.87. The lowest BCUT2D eigenvalue weighted by atomic mass is 9.64. The summed E-state index contributed by atoms with van der Waals surface area (Å²) in [4.78, 5) is 45.9. The van der Waals surface area contributed by atoms with Crippen LogP contribution in [0.3, 0.4) is 0 Å². The molecule has 0 saturated heterocycles. The molecule has 2 rings (SSSR count). The Hall–Kier alpha value is -2.64. The van der Waals surface area contributed by atoms with Crippen molar-refractivity contribution in [2.45, 2.75) is 26.7 Å². The van der Waals surface area contributed by atoms with E-state index in [-0.39, 0.29) is 12.8 Å². The molecule has 0 bridgehead atoms. The lowest BCUT2D eigenvalue weighted by Gasteiger charge is -2.38. The number of allylic oxidation sites excluding steroid dienone is 2. The molecule has 8 heteroatoms. The second-order valence-corrected chi connectivity index (χ2v) is 6.25. The molecule has 2 aliphatic carbocycles. The largest absolute Gasteiger partial charge is 0.481 e. The van der Waals surface area contributed by atoms with Gasteiger partial charge < -0.3 is 20.4 Å². The van der Waals surface area contributed by atoms with E-state index in [4.69, 9.17) is 0 Å². The highest BCUT2D eigenvalue weighted by Crippen LogP contribution is 2.48. The van der Waals surface area contributed by atoms with Gasteiger partial charge in [0, 0.05) is 0 Å². The Labute approximate surface area is 137 Å². The van der Waals surface area contributed by atoms with Gasteiger partial charge in [-0.2, -0.15) is 0 Å². The summed E-state index contributed by atoms with van der Waals surface area (Å²) in [6.07, 6.45) is -0.220. The first kappa shape index (κ1) is 17.7. The SMILES string of the molecule is CC1=C2CC(C(=O)O)C(C(=O)O)C(C)=C2CC(C(=O)O)C1C(=O)O.